The van der Waals surface area contributed by atoms with Gasteiger partial charge < -0.3 is 0 Å². The topological polar surface area (TPSA) is 45.8 Å². The van der Waals surface area contributed by atoms with Crippen LogP contribution >= 0.6 is 31.9 Å². The molecule has 0 saturated carbocycles. The average Bonchev–Trinajstić information content (AvgIpc) is 2.98. The average molecular weight is 406 g/mol. The monoisotopic (exact) mass is 404 g/mol. The number of benzene rings is 2. The Labute approximate surface area is 138 Å². The summed E-state index contributed by atoms with van der Waals surface area (Å²) in [5.41, 5.74) is 2.83. The van der Waals surface area contributed by atoms with E-state index >= 15 is 0 Å². The number of nitrogens with zero attached hydrogens (tertiary/aromatic N) is 1. The highest BCUT2D eigenvalue weighted by molar-refractivity contribution is 9.10. The van der Waals surface area contributed by atoms with Gasteiger partial charge in [0, 0.05) is 20.1 Å². The molecular weight excluding hydrogens is 396 g/mol. The van der Waals surface area contributed by atoms with Gasteiger partial charge >= 0.3 is 0 Å². The molecule has 0 unspecified atom stereocenters. The van der Waals surface area contributed by atoms with E-state index in [-0.39, 0.29) is 5.78 Å². The van der Waals surface area contributed by atoms with Crippen molar-refractivity contribution in [2.45, 2.75) is 0 Å². The van der Waals surface area contributed by atoms with Crippen molar-refractivity contribution in [3.63, 3.8) is 0 Å². The zero-order valence-electron chi connectivity index (χ0n) is 10.8. The third kappa shape index (κ3) is 3.14. The van der Waals surface area contributed by atoms with E-state index in [0.29, 0.717) is 11.3 Å². The van der Waals surface area contributed by atoms with E-state index < -0.39 is 0 Å². The molecule has 0 aliphatic carbocycles. The van der Waals surface area contributed by atoms with Crippen molar-refractivity contribution in [3.05, 3.63) is 74.8 Å². The van der Waals surface area contributed by atoms with E-state index in [1.54, 1.807) is 18.2 Å². The standard InChI is InChI=1S/C16H10Br2N2O/c17-12-5-1-10(2-6-12)14-9-15(20-19-14)16(21)11-3-7-13(18)8-4-11/h1-9H,(H,19,20). The molecule has 0 saturated heterocycles. The van der Waals surface area contributed by atoms with Crippen LogP contribution in [0.25, 0.3) is 11.3 Å². The number of carbonyl (C=O) groups excluding carboxylic acids is 1. The van der Waals surface area contributed by atoms with E-state index in [2.05, 4.69) is 42.1 Å². The second-order valence-corrected chi connectivity index (χ2v) is 6.34. The number of H-pyrrole nitrogens is 1. The molecule has 1 heterocycles. The molecule has 0 fully saturated rings. The lowest BCUT2D eigenvalue weighted by Gasteiger charge is -1.98. The highest BCUT2D eigenvalue weighted by atomic mass is 79.9. The predicted octanol–water partition coefficient (Wildman–Crippen LogP) is 4.83. The lowest BCUT2D eigenvalue weighted by molar-refractivity contribution is 0.103. The Bertz CT molecular complexity index is 777. The maximum atomic E-state index is 12.4. The molecule has 21 heavy (non-hydrogen) atoms. The molecule has 0 radical (unpaired) electrons. The van der Waals surface area contributed by atoms with Crippen molar-refractivity contribution in [1.82, 2.24) is 10.2 Å². The fraction of sp³-hybridized carbons (Fsp3) is 0. The summed E-state index contributed by atoms with van der Waals surface area (Å²) in [6.07, 6.45) is 0. The quantitative estimate of drug-likeness (QED) is 0.634. The first-order valence-corrected chi connectivity index (χ1v) is 7.84. The minimum absolute atomic E-state index is 0.0710. The third-order valence-corrected chi connectivity index (χ3v) is 4.13. The SMILES string of the molecule is O=C(c1ccc(Br)cc1)c1cc(-c2ccc(Br)cc2)n[nH]1. The number of hydrogen-bond donors (Lipinski definition) is 1. The smallest absolute Gasteiger partial charge is 0.210 e. The number of carbonyl (C=O) groups is 1. The Balaban J connectivity index is 1.89. The second-order valence-electron chi connectivity index (χ2n) is 4.51. The van der Waals surface area contributed by atoms with Gasteiger partial charge in [-0.15, -0.1) is 0 Å². The number of rotatable bonds is 3. The normalized spacial score (nSPS) is 10.6. The van der Waals surface area contributed by atoms with Crippen LogP contribution in [0.2, 0.25) is 0 Å². The summed E-state index contributed by atoms with van der Waals surface area (Å²) in [6, 6.07) is 16.8. The number of aromatic amines is 1. The molecule has 2 aromatic carbocycles. The van der Waals surface area contributed by atoms with Crippen molar-refractivity contribution < 1.29 is 4.79 Å². The molecule has 3 nitrogen and oxygen atoms in total. The van der Waals surface area contributed by atoms with Gasteiger partial charge in [-0.1, -0.05) is 44.0 Å². The van der Waals surface area contributed by atoms with Gasteiger partial charge in [-0.05, 0) is 42.5 Å². The van der Waals surface area contributed by atoms with E-state index in [4.69, 9.17) is 0 Å². The molecule has 0 amide bonds. The number of hydrogen-bond acceptors (Lipinski definition) is 2. The van der Waals surface area contributed by atoms with Crippen LogP contribution in [0.15, 0.2) is 63.5 Å². The Morgan fingerprint density at radius 3 is 2.10 bits per heavy atom. The summed E-state index contributed by atoms with van der Waals surface area (Å²) in [4.78, 5) is 12.4. The Morgan fingerprint density at radius 2 is 1.48 bits per heavy atom. The molecule has 104 valence electrons. The largest absolute Gasteiger partial charge is 0.287 e. The Morgan fingerprint density at radius 1 is 0.905 bits per heavy atom. The van der Waals surface area contributed by atoms with Crippen LogP contribution < -0.4 is 0 Å². The number of aromatic nitrogens is 2. The number of ketones is 1. The first-order chi connectivity index (χ1) is 10.1. The van der Waals surface area contributed by atoms with E-state index in [1.807, 2.05) is 36.4 Å². The molecule has 0 bridgehead atoms. The van der Waals surface area contributed by atoms with Crippen molar-refractivity contribution in [2.75, 3.05) is 0 Å². The lowest BCUT2D eigenvalue weighted by atomic mass is 10.1. The maximum absolute atomic E-state index is 12.4. The maximum Gasteiger partial charge on any atom is 0.210 e. The lowest BCUT2D eigenvalue weighted by Crippen LogP contribution is -2.01. The van der Waals surface area contributed by atoms with E-state index in [1.165, 1.54) is 0 Å². The summed E-state index contributed by atoms with van der Waals surface area (Å²) in [7, 11) is 0. The molecule has 3 rings (SSSR count). The summed E-state index contributed by atoms with van der Waals surface area (Å²) < 4.78 is 1.95. The highest BCUT2D eigenvalue weighted by Gasteiger charge is 2.13. The minimum atomic E-state index is -0.0710. The zero-order valence-corrected chi connectivity index (χ0v) is 14.0. The van der Waals surface area contributed by atoms with Crippen LogP contribution in [0.1, 0.15) is 16.1 Å². The van der Waals surface area contributed by atoms with Crippen molar-refractivity contribution >= 4 is 37.6 Å². The summed E-state index contributed by atoms with van der Waals surface area (Å²) in [5, 5.41) is 7.02. The van der Waals surface area contributed by atoms with Gasteiger partial charge in [0.2, 0.25) is 5.78 Å². The van der Waals surface area contributed by atoms with E-state index in [9.17, 15) is 4.79 Å². The van der Waals surface area contributed by atoms with Gasteiger partial charge in [0.15, 0.2) is 0 Å². The highest BCUT2D eigenvalue weighted by Crippen LogP contribution is 2.21. The second kappa shape index (κ2) is 5.95. The first kappa shape index (κ1) is 14.2. The number of nitrogens with one attached hydrogen (secondary N) is 1. The van der Waals surface area contributed by atoms with Crippen LogP contribution in [0, 0.1) is 0 Å². The van der Waals surface area contributed by atoms with Crippen LogP contribution in [0.5, 0.6) is 0 Å². The predicted molar refractivity (Wildman–Crippen MR) is 89.3 cm³/mol. The van der Waals surface area contributed by atoms with Gasteiger partial charge in [-0.2, -0.15) is 5.10 Å². The van der Waals surface area contributed by atoms with Crippen molar-refractivity contribution in [1.29, 1.82) is 0 Å². The van der Waals surface area contributed by atoms with Crippen LogP contribution in [0.4, 0.5) is 0 Å². The third-order valence-electron chi connectivity index (χ3n) is 3.07. The van der Waals surface area contributed by atoms with Gasteiger partial charge in [0.25, 0.3) is 0 Å². The summed E-state index contributed by atoms with van der Waals surface area (Å²) in [6.45, 7) is 0. The molecule has 0 atom stereocenters. The molecule has 1 N–H and O–H groups in total. The van der Waals surface area contributed by atoms with Gasteiger partial charge in [-0.3, -0.25) is 9.89 Å². The Hall–Kier alpha value is -1.72. The van der Waals surface area contributed by atoms with Crippen LogP contribution in [-0.2, 0) is 0 Å². The first-order valence-electron chi connectivity index (χ1n) is 6.25. The molecule has 0 aliphatic heterocycles. The van der Waals surface area contributed by atoms with Gasteiger partial charge in [0.1, 0.15) is 5.69 Å². The summed E-state index contributed by atoms with van der Waals surface area (Å²) in [5.74, 6) is -0.0710. The van der Waals surface area contributed by atoms with Crippen LogP contribution in [0.3, 0.4) is 0 Å². The molecule has 3 aromatic rings. The molecule has 0 spiro atoms. The number of halogens is 2. The Kier molecular flexibility index (Phi) is 4.03. The molecule has 0 aliphatic rings. The fourth-order valence-electron chi connectivity index (χ4n) is 1.96. The minimum Gasteiger partial charge on any atom is -0.287 e. The zero-order chi connectivity index (χ0) is 14.8. The van der Waals surface area contributed by atoms with Crippen LogP contribution in [-0.4, -0.2) is 16.0 Å². The van der Waals surface area contributed by atoms with Crippen molar-refractivity contribution in [2.24, 2.45) is 0 Å². The molecule has 1 aromatic heterocycles. The van der Waals surface area contributed by atoms with Gasteiger partial charge in [0.05, 0.1) is 5.69 Å². The van der Waals surface area contributed by atoms with Crippen molar-refractivity contribution in [3.8, 4) is 11.3 Å². The van der Waals surface area contributed by atoms with E-state index in [0.717, 1.165) is 20.2 Å². The molecular formula is C16H10Br2N2O. The van der Waals surface area contributed by atoms with Gasteiger partial charge in [-0.25, -0.2) is 0 Å². The molecule has 5 heteroatoms. The fourth-order valence-corrected chi connectivity index (χ4v) is 2.49. The summed E-state index contributed by atoms with van der Waals surface area (Å²) >= 11 is 6.75.